The fourth-order valence-corrected chi connectivity index (χ4v) is 8.89. The molecule has 0 bridgehead atoms. The first-order chi connectivity index (χ1) is 35.2. The number of hydrogen-bond acceptors (Lipinski definition) is 6. The van der Waals surface area contributed by atoms with E-state index in [1.54, 1.807) is 42.7 Å². The van der Waals surface area contributed by atoms with Gasteiger partial charge in [-0.1, -0.05) is 213 Å². The Morgan fingerprint density at radius 2 is 0.892 bits per heavy atom. The molecule has 1 aliphatic rings. The van der Waals surface area contributed by atoms with Crippen LogP contribution in [0, 0.1) is 20.8 Å². The fraction of sp³-hybridized carbons (Fsp3) is 0.324. The van der Waals surface area contributed by atoms with Crippen molar-refractivity contribution in [3.63, 3.8) is 0 Å². The number of hydrogen-bond donors (Lipinski definition) is 0. The quantitative estimate of drug-likeness (QED) is 0.144. The van der Waals surface area contributed by atoms with Crippen LogP contribution in [-0.2, 0) is 5.41 Å². The molecule has 6 heteroatoms. The molecular weight excluding hydrogens is 913 g/mol. The minimum absolute atomic E-state index is 0. The summed E-state index contributed by atoms with van der Waals surface area (Å²) in [5, 5.41) is 2.41. The molecular formula is C68H86O6. The normalized spacial score (nSPS) is 11.4. The minimum Gasteiger partial charge on any atom is -0.496 e. The van der Waals surface area contributed by atoms with E-state index in [-0.39, 0.29) is 12.8 Å². The van der Waals surface area contributed by atoms with Crippen LogP contribution in [0.5, 0.6) is 34.5 Å². The molecule has 1 aliphatic carbocycles. The Bertz CT molecular complexity index is 2800. The average Bonchev–Trinajstić information content (AvgIpc) is 3.97. The maximum absolute atomic E-state index is 5.36. The van der Waals surface area contributed by atoms with Crippen molar-refractivity contribution in [1.82, 2.24) is 0 Å². The van der Waals surface area contributed by atoms with Crippen LogP contribution in [0.25, 0.3) is 21.9 Å². The highest BCUT2D eigenvalue weighted by Crippen LogP contribution is 2.38. The predicted molar refractivity (Wildman–Crippen MR) is 316 cm³/mol. The number of para-hydroxylation sites is 5. The molecule has 0 saturated heterocycles. The first-order valence-electron chi connectivity index (χ1n) is 25.4. The molecule has 0 radical (unpaired) electrons. The summed E-state index contributed by atoms with van der Waals surface area (Å²) in [7, 11) is 10.3. The van der Waals surface area contributed by atoms with Crippen molar-refractivity contribution in [3.05, 3.63) is 215 Å². The Kier molecular flexibility index (Phi) is 26.5. The van der Waals surface area contributed by atoms with E-state index in [1.165, 1.54) is 75.4 Å². The zero-order chi connectivity index (χ0) is 53.2. The second-order valence-corrected chi connectivity index (χ2v) is 19.2. The summed E-state index contributed by atoms with van der Waals surface area (Å²) in [5.74, 6) is 7.21. The number of rotatable bonds is 9. The highest BCUT2D eigenvalue weighted by atomic mass is 16.5. The summed E-state index contributed by atoms with van der Waals surface area (Å²) < 4.78 is 31.7. The van der Waals surface area contributed by atoms with E-state index in [4.69, 9.17) is 28.4 Å². The van der Waals surface area contributed by atoms with Crippen LogP contribution in [0.15, 0.2) is 182 Å². The van der Waals surface area contributed by atoms with Gasteiger partial charge in [-0.25, -0.2) is 0 Å². The highest BCUT2D eigenvalue weighted by Gasteiger charge is 2.20. The van der Waals surface area contributed by atoms with Gasteiger partial charge in [-0.3, -0.25) is 0 Å². The lowest BCUT2D eigenvalue weighted by molar-refractivity contribution is 0.397. The number of methoxy groups -OCH3 is 6. The van der Waals surface area contributed by atoms with Gasteiger partial charge in [-0.2, -0.15) is 0 Å². The second kappa shape index (κ2) is 32.1. The third-order valence-electron chi connectivity index (χ3n) is 12.7. The minimum atomic E-state index is 0. The topological polar surface area (TPSA) is 55.4 Å². The first kappa shape index (κ1) is 61.1. The molecule has 0 aromatic heterocycles. The second-order valence-electron chi connectivity index (χ2n) is 19.2. The Hall–Kier alpha value is -7.18. The molecule has 8 aromatic carbocycles. The Morgan fingerprint density at radius 1 is 0.419 bits per heavy atom. The Balaban J connectivity index is 0.000000234. The van der Waals surface area contributed by atoms with Gasteiger partial charge >= 0.3 is 0 Å². The molecule has 0 amide bonds. The molecule has 8 aromatic rings. The SMILES string of the molecule is C.COc1c(C)ccc2ccccc12.COc1c(C)cccc1C.COc1ccccc1-c1ccccc1.COc1ccccc1C(C)(C)C.COc1ccccc1C(C)C.COc1ccccc1C1CCCC1. The van der Waals surface area contributed by atoms with Gasteiger partial charge in [-0.15, -0.1) is 0 Å². The lowest BCUT2D eigenvalue weighted by Crippen LogP contribution is -2.12. The molecule has 0 N–H and O–H groups in total. The summed E-state index contributed by atoms with van der Waals surface area (Å²) in [4.78, 5) is 0. The monoisotopic (exact) mass is 999 g/mol. The molecule has 0 unspecified atom stereocenters. The zero-order valence-corrected chi connectivity index (χ0v) is 46.3. The molecule has 6 nitrogen and oxygen atoms in total. The largest absolute Gasteiger partial charge is 0.496 e. The molecule has 74 heavy (non-hydrogen) atoms. The van der Waals surface area contributed by atoms with Crippen molar-refractivity contribution in [1.29, 1.82) is 0 Å². The summed E-state index contributed by atoms with van der Waals surface area (Å²) in [6.45, 7) is 17.0. The molecule has 9 rings (SSSR count). The average molecular weight is 999 g/mol. The van der Waals surface area contributed by atoms with Gasteiger partial charge in [0.1, 0.15) is 34.5 Å². The molecule has 1 fully saturated rings. The van der Waals surface area contributed by atoms with Crippen LogP contribution in [0.3, 0.4) is 0 Å². The lowest BCUT2D eigenvalue weighted by atomic mass is 9.86. The van der Waals surface area contributed by atoms with Crippen LogP contribution in [0.1, 0.15) is 113 Å². The van der Waals surface area contributed by atoms with Crippen LogP contribution in [0.2, 0.25) is 0 Å². The van der Waals surface area contributed by atoms with Crippen molar-refractivity contribution in [2.75, 3.05) is 42.7 Å². The van der Waals surface area contributed by atoms with E-state index in [0.717, 1.165) is 46.0 Å². The van der Waals surface area contributed by atoms with Crippen molar-refractivity contribution >= 4 is 10.8 Å². The Labute approximate surface area is 446 Å². The maximum atomic E-state index is 5.36. The molecule has 1 saturated carbocycles. The van der Waals surface area contributed by atoms with Gasteiger partial charge in [0.2, 0.25) is 0 Å². The summed E-state index contributed by atoms with van der Waals surface area (Å²) in [5.41, 5.74) is 9.99. The molecule has 0 aliphatic heterocycles. The number of fused-ring (bicyclic) bond motifs is 1. The third-order valence-corrected chi connectivity index (χ3v) is 12.7. The number of aryl methyl sites for hydroxylation is 3. The van der Waals surface area contributed by atoms with Gasteiger partial charge in [-0.05, 0) is 119 Å². The summed E-state index contributed by atoms with van der Waals surface area (Å²) >= 11 is 0. The van der Waals surface area contributed by atoms with E-state index in [2.05, 4.69) is 114 Å². The smallest absolute Gasteiger partial charge is 0.129 e. The third kappa shape index (κ3) is 18.4. The number of benzene rings is 8. The molecule has 0 spiro atoms. The number of ether oxygens (including phenoxy) is 6. The van der Waals surface area contributed by atoms with Gasteiger partial charge in [0.25, 0.3) is 0 Å². The van der Waals surface area contributed by atoms with E-state index in [9.17, 15) is 0 Å². The van der Waals surface area contributed by atoms with Crippen molar-refractivity contribution in [2.24, 2.45) is 0 Å². The Morgan fingerprint density at radius 3 is 1.42 bits per heavy atom. The highest BCUT2D eigenvalue weighted by molar-refractivity contribution is 5.89. The van der Waals surface area contributed by atoms with Crippen molar-refractivity contribution in [3.8, 4) is 45.6 Å². The van der Waals surface area contributed by atoms with Gasteiger partial charge in [0, 0.05) is 10.9 Å². The lowest BCUT2D eigenvalue weighted by Gasteiger charge is -2.21. The van der Waals surface area contributed by atoms with E-state index in [0.29, 0.717) is 5.92 Å². The van der Waals surface area contributed by atoms with Crippen LogP contribution < -0.4 is 28.4 Å². The van der Waals surface area contributed by atoms with Crippen molar-refractivity contribution in [2.45, 2.75) is 106 Å². The van der Waals surface area contributed by atoms with Crippen LogP contribution in [0.4, 0.5) is 0 Å². The van der Waals surface area contributed by atoms with E-state index in [1.807, 2.05) is 123 Å². The van der Waals surface area contributed by atoms with Gasteiger partial charge < -0.3 is 28.4 Å². The van der Waals surface area contributed by atoms with E-state index >= 15 is 0 Å². The van der Waals surface area contributed by atoms with Crippen LogP contribution >= 0.6 is 0 Å². The molecule has 394 valence electrons. The zero-order valence-electron chi connectivity index (χ0n) is 46.3. The summed E-state index contributed by atoms with van der Waals surface area (Å²) in [6, 6.07) is 61.5. The van der Waals surface area contributed by atoms with E-state index < -0.39 is 0 Å². The predicted octanol–water partition coefficient (Wildman–Crippen LogP) is 18.6. The first-order valence-corrected chi connectivity index (χ1v) is 25.4. The van der Waals surface area contributed by atoms with Gasteiger partial charge in [0.05, 0.1) is 42.7 Å². The standard InChI is InChI=1S/C13H12O.C12H12O.C12H16O.C11H16O.C10H14O.C9H12O.CH4/c1-14-13-10-6-5-9-12(13)11-7-3-2-4-8-11;1-9-7-8-10-5-3-4-6-11(10)12(9)13-2;1-13-12-9-5-4-8-11(12)10-6-2-3-7-10;1-11(2,3)9-7-5-6-8-10(9)12-4;1-8(2)9-6-4-5-7-10(9)11-3;1-7-5-4-6-8(2)9(7)10-3;/h2-10H,1H3;3-8H,1-2H3;4-5,8-10H,2-3,6-7H2,1H3;5-8H,1-4H3;4-8H,1-3H3;4-6H,1-3H3;1H4. The maximum Gasteiger partial charge on any atom is 0.129 e. The fourth-order valence-electron chi connectivity index (χ4n) is 8.89. The van der Waals surface area contributed by atoms with Crippen molar-refractivity contribution < 1.29 is 28.4 Å². The van der Waals surface area contributed by atoms with Gasteiger partial charge in [0.15, 0.2) is 0 Å². The molecule has 0 atom stereocenters. The van der Waals surface area contributed by atoms with Crippen LogP contribution in [-0.4, -0.2) is 42.7 Å². The molecule has 0 heterocycles. The summed E-state index contributed by atoms with van der Waals surface area (Å²) in [6.07, 6.45) is 5.42.